The van der Waals surface area contributed by atoms with Crippen molar-refractivity contribution >= 4 is 0 Å². The Hall–Kier alpha value is -0.120. The van der Waals surface area contributed by atoms with Crippen LogP contribution in [-0.4, -0.2) is 51.3 Å². The lowest BCUT2D eigenvalue weighted by Gasteiger charge is -2.29. The zero-order valence-electron chi connectivity index (χ0n) is 11.2. The lowest BCUT2D eigenvalue weighted by molar-refractivity contribution is 0.0547. The van der Waals surface area contributed by atoms with Crippen LogP contribution >= 0.6 is 0 Å². The van der Waals surface area contributed by atoms with E-state index in [1.165, 1.54) is 38.8 Å². The average molecular weight is 228 g/mol. The van der Waals surface area contributed by atoms with Crippen molar-refractivity contribution in [1.29, 1.82) is 0 Å². The molecule has 1 rings (SSSR count). The van der Waals surface area contributed by atoms with Gasteiger partial charge in [0.2, 0.25) is 0 Å². The van der Waals surface area contributed by atoms with Crippen LogP contribution in [0.3, 0.4) is 0 Å². The molecule has 0 aromatic heterocycles. The van der Waals surface area contributed by atoms with Crippen LogP contribution in [0, 0.1) is 5.92 Å². The molecule has 1 atom stereocenters. The second kappa shape index (κ2) is 8.04. The van der Waals surface area contributed by atoms with Crippen LogP contribution in [0.5, 0.6) is 0 Å². The van der Waals surface area contributed by atoms with Gasteiger partial charge in [0.05, 0.1) is 0 Å². The molecule has 1 aliphatic heterocycles. The summed E-state index contributed by atoms with van der Waals surface area (Å²) >= 11 is 0. The molecule has 1 N–H and O–H groups in total. The van der Waals surface area contributed by atoms with Crippen LogP contribution in [0.1, 0.15) is 32.6 Å². The molecule has 3 nitrogen and oxygen atoms in total. The van der Waals surface area contributed by atoms with Crippen molar-refractivity contribution in [2.75, 3.05) is 40.4 Å². The number of nitrogens with zero attached hydrogens (tertiary/aromatic N) is 1. The SMILES string of the molecule is CCCC(CN(C)CC1CCOCC1)NC. The summed E-state index contributed by atoms with van der Waals surface area (Å²) in [5.74, 6) is 0.845. The van der Waals surface area contributed by atoms with E-state index in [9.17, 15) is 0 Å². The first-order valence-corrected chi connectivity index (χ1v) is 6.69. The molecule has 1 aliphatic rings. The fraction of sp³-hybridized carbons (Fsp3) is 1.00. The van der Waals surface area contributed by atoms with E-state index in [4.69, 9.17) is 4.74 Å². The van der Waals surface area contributed by atoms with Crippen molar-refractivity contribution in [3.8, 4) is 0 Å². The highest BCUT2D eigenvalue weighted by atomic mass is 16.5. The maximum atomic E-state index is 5.39. The summed E-state index contributed by atoms with van der Waals surface area (Å²) in [6, 6.07) is 0.648. The van der Waals surface area contributed by atoms with Crippen molar-refractivity contribution in [2.45, 2.75) is 38.6 Å². The van der Waals surface area contributed by atoms with E-state index in [1.807, 2.05) is 0 Å². The average Bonchev–Trinajstić information content (AvgIpc) is 2.29. The number of hydrogen-bond donors (Lipinski definition) is 1. The fourth-order valence-electron chi connectivity index (χ4n) is 2.50. The topological polar surface area (TPSA) is 24.5 Å². The number of rotatable bonds is 7. The molecule has 0 radical (unpaired) electrons. The summed E-state index contributed by atoms with van der Waals surface area (Å²) in [7, 11) is 4.32. The lowest BCUT2D eigenvalue weighted by Crippen LogP contribution is -2.40. The standard InChI is InChI=1S/C13H28N2O/c1-4-5-13(14-2)11-15(3)10-12-6-8-16-9-7-12/h12-14H,4-11H2,1-3H3. The second-order valence-electron chi connectivity index (χ2n) is 5.05. The molecule has 1 saturated heterocycles. The van der Waals surface area contributed by atoms with Gasteiger partial charge in [0.1, 0.15) is 0 Å². The first-order chi connectivity index (χ1) is 7.76. The normalized spacial score (nSPS) is 20.2. The van der Waals surface area contributed by atoms with Crippen molar-refractivity contribution in [2.24, 2.45) is 5.92 Å². The van der Waals surface area contributed by atoms with E-state index in [-0.39, 0.29) is 0 Å². The van der Waals surface area contributed by atoms with Gasteiger partial charge in [-0.1, -0.05) is 13.3 Å². The molecular weight excluding hydrogens is 200 g/mol. The molecule has 16 heavy (non-hydrogen) atoms. The van der Waals surface area contributed by atoms with Crippen molar-refractivity contribution in [1.82, 2.24) is 10.2 Å². The first-order valence-electron chi connectivity index (χ1n) is 6.69. The molecule has 1 heterocycles. The number of ether oxygens (including phenoxy) is 1. The van der Waals surface area contributed by atoms with E-state index >= 15 is 0 Å². The van der Waals surface area contributed by atoms with Crippen LogP contribution in [0.25, 0.3) is 0 Å². The minimum Gasteiger partial charge on any atom is -0.381 e. The van der Waals surface area contributed by atoms with Gasteiger partial charge >= 0.3 is 0 Å². The molecule has 3 heteroatoms. The first kappa shape index (κ1) is 13.9. The zero-order valence-corrected chi connectivity index (χ0v) is 11.2. The Bertz CT molecular complexity index is 163. The number of hydrogen-bond acceptors (Lipinski definition) is 3. The Balaban J connectivity index is 2.19. The molecule has 0 aliphatic carbocycles. The van der Waals surface area contributed by atoms with E-state index in [1.54, 1.807) is 0 Å². The Kier molecular flexibility index (Phi) is 7.01. The number of nitrogens with one attached hydrogen (secondary N) is 1. The van der Waals surface area contributed by atoms with E-state index < -0.39 is 0 Å². The lowest BCUT2D eigenvalue weighted by atomic mass is 9.99. The van der Waals surface area contributed by atoms with Gasteiger partial charge in [-0.2, -0.15) is 0 Å². The third-order valence-corrected chi connectivity index (χ3v) is 3.49. The van der Waals surface area contributed by atoms with Gasteiger partial charge in [0.15, 0.2) is 0 Å². The van der Waals surface area contributed by atoms with E-state index in [2.05, 4.69) is 31.2 Å². The third kappa shape index (κ3) is 5.28. The predicted molar refractivity (Wildman–Crippen MR) is 68.8 cm³/mol. The number of likely N-dealkylation sites (N-methyl/N-ethyl adjacent to an activating group) is 2. The largest absolute Gasteiger partial charge is 0.381 e. The summed E-state index contributed by atoms with van der Waals surface area (Å²) in [4.78, 5) is 2.48. The molecule has 0 aromatic rings. The highest BCUT2D eigenvalue weighted by Gasteiger charge is 2.17. The molecular formula is C13H28N2O. The minimum absolute atomic E-state index is 0.648. The zero-order chi connectivity index (χ0) is 11.8. The predicted octanol–water partition coefficient (Wildman–Crippen LogP) is 1.73. The summed E-state index contributed by atoms with van der Waals surface area (Å²) in [5.41, 5.74) is 0. The van der Waals surface area contributed by atoms with Gasteiger partial charge in [0, 0.05) is 32.3 Å². The highest BCUT2D eigenvalue weighted by molar-refractivity contribution is 4.72. The van der Waals surface area contributed by atoms with Gasteiger partial charge in [-0.05, 0) is 39.3 Å². The van der Waals surface area contributed by atoms with E-state index in [0.29, 0.717) is 6.04 Å². The van der Waals surface area contributed by atoms with E-state index in [0.717, 1.165) is 19.1 Å². The maximum absolute atomic E-state index is 5.39. The van der Waals surface area contributed by atoms with Gasteiger partial charge in [-0.3, -0.25) is 0 Å². The summed E-state index contributed by atoms with van der Waals surface area (Å²) in [5, 5.41) is 3.40. The summed E-state index contributed by atoms with van der Waals surface area (Å²) in [6.07, 6.45) is 5.01. The molecule has 0 aromatic carbocycles. The van der Waals surface area contributed by atoms with Crippen LogP contribution < -0.4 is 5.32 Å². The van der Waals surface area contributed by atoms with Crippen molar-refractivity contribution < 1.29 is 4.74 Å². The van der Waals surface area contributed by atoms with Gasteiger partial charge in [-0.15, -0.1) is 0 Å². The molecule has 0 saturated carbocycles. The van der Waals surface area contributed by atoms with Crippen molar-refractivity contribution in [3.05, 3.63) is 0 Å². The Labute approximate surface area is 101 Å². The van der Waals surface area contributed by atoms with Crippen LogP contribution in [-0.2, 0) is 4.74 Å². The quantitative estimate of drug-likeness (QED) is 0.718. The van der Waals surface area contributed by atoms with Crippen molar-refractivity contribution in [3.63, 3.8) is 0 Å². The summed E-state index contributed by atoms with van der Waals surface area (Å²) < 4.78 is 5.39. The van der Waals surface area contributed by atoms with Crippen LogP contribution in [0.15, 0.2) is 0 Å². The molecule has 0 bridgehead atoms. The van der Waals surface area contributed by atoms with Gasteiger partial charge < -0.3 is 15.0 Å². The minimum atomic E-state index is 0.648. The van der Waals surface area contributed by atoms with Gasteiger partial charge in [-0.25, -0.2) is 0 Å². The maximum Gasteiger partial charge on any atom is 0.0469 e. The third-order valence-electron chi connectivity index (χ3n) is 3.49. The fourth-order valence-corrected chi connectivity index (χ4v) is 2.50. The second-order valence-corrected chi connectivity index (χ2v) is 5.05. The van der Waals surface area contributed by atoms with Crippen LogP contribution in [0.4, 0.5) is 0 Å². The summed E-state index contributed by atoms with van der Waals surface area (Å²) in [6.45, 7) is 6.57. The van der Waals surface area contributed by atoms with Gasteiger partial charge in [0.25, 0.3) is 0 Å². The highest BCUT2D eigenvalue weighted by Crippen LogP contribution is 2.15. The smallest absolute Gasteiger partial charge is 0.0469 e. The molecule has 96 valence electrons. The Morgan fingerprint density at radius 1 is 1.38 bits per heavy atom. The molecule has 0 amide bonds. The molecule has 1 fully saturated rings. The van der Waals surface area contributed by atoms with Crippen LogP contribution in [0.2, 0.25) is 0 Å². The monoisotopic (exact) mass is 228 g/mol. The molecule has 0 spiro atoms. The Morgan fingerprint density at radius 2 is 2.06 bits per heavy atom. The molecule has 1 unspecified atom stereocenters. The Morgan fingerprint density at radius 3 is 2.62 bits per heavy atom.